The van der Waals surface area contributed by atoms with Crippen LogP contribution in [-0.4, -0.2) is 6.54 Å². The predicted molar refractivity (Wildman–Crippen MR) is 55.7 cm³/mol. The van der Waals surface area contributed by atoms with E-state index >= 15 is 0 Å². The van der Waals surface area contributed by atoms with E-state index in [0.29, 0.717) is 12.0 Å². The highest BCUT2D eigenvalue weighted by Crippen LogP contribution is 2.27. The summed E-state index contributed by atoms with van der Waals surface area (Å²) in [6, 6.07) is 5.63. The van der Waals surface area contributed by atoms with Crippen molar-refractivity contribution < 1.29 is 4.39 Å². The van der Waals surface area contributed by atoms with Crippen molar-refractivity contribution in [1.29, 1.82) is 0 Å². The fourth-order valence-electron chi connectivity index (χ4n) is 2.13. The summed E-state index contributed by atoms with van der Waals surface area (Å²) in [7, 11) is 0. The number of hydrogen-bond acceptors (Lipinski definition) is 1. The summed E-state index contributed by atoms with van der Waals surface area (Å²) in [6.07, 6.45) is 1.11. The van der Waals surface area contributed by atoms with Gasteiger partial charge in [0.2, 0.25) is 0 Å². The van der Waals surface area contributed by atoms with E-state index in [1.165, 1.54) is 0 Å². The van der Waals surface area contributed by atoms with Gasteiger partial charge in [0.1, 0.15) is 5.82 Å². The van der Waals surface area contributed by atoms with E-state index in [0.717, 1.165) is 24.1 Å². The summed E-state index contributed by atoms with van der Waals surface area (Å²) in [5.74, 6) is 0.574. The quantitative estimate of drug-likeness (QED) is 0.723. The van der Waals surface area contributed by atoms with Crippen molar-refractivity contribution in [3.63, 3.8) is 0 Å². The van der Waals surface area contributed by atoms with E-state index in [2.05, 4.69) is 18.3 Å². The lowest BCUT2D eigenvalue weighted by Crippen LogP contribution is -2.13. The molecule has 1 heterocycles. The lowest BCUT2D eigenvalue weighted by Gasteiger charge is -2.11. The second-order valence-electron chi connectivity index (χ2n) is 4.36. The van der Waals surface area contributed by atoms with Crippen molar-refractivity contribution in [2.75, 3.05) is 6.54 Å². The summed E-state index contributed by atoms with van der Waals surface area (Å²) in [5.41, 5.74) is 2.09. The average molecular weight is 193 g/mol. The van der Waals surface area contributed by atoms with Crippen LogP contribution in [0.5, 0.6) is 0 Å². The van der Waals surface area contributed by atoms with Gasteiger partial charge in [-0.3, -0.25) is 0 Å². The van der Waals surface area contributed by atoms with Crippen molar-refractivity contribution >= 4 is 0 Å². The Kier molecular flexibility index (Phi) is 2.55. The molecule has 1 aliphatic heterocycles. The fraction of sp³-hybridized carbons (Fsp3) is 0.500. The largest absolute Gasteiger partial charge is 0.310 e. The highest BCUT2D eigenvalue weighted by molar-refractivity contribution is 5.26. The molecule has 1 saturated heterocycles. The SMILES string of the molecule is Cc1cc(F)cc([C@@H]2C[C@H](C)CN2)c1. The topological polar surface area (TPSA) is 12.0 Å². The van der Waals surface area contributed by atoms with Crippen molar-refractivity contribution in [1.82, 2.24) is 5.32 Å². The molecule has 1 N–H and O–H groups in total. The predicted octanol–water partition coefficient (Wildman–Crippen LogP) is 2.80. The van der Waals surface area contributed by atoms with Crippen LogP contribution in [0.2, 0.25) is 0 Å². The molecule has 1 aliphatic rings. The molecule has 1 aromatic rings. The maximum absolute atomic E-state index is 13.2. The van der Waals surface area contributed by atoms with Crippen LogP contribution in [-0.2, 0) is 0 Å². The van der Waals surface area contributed by atoms with Gasteiger partial charge >= 0.3 is 0 Å². The van der Waals surface area contributed by atoms with Crippen LogP contribution >= 0.6 is 0 Å². The van der Waals surface area contributed by atoms with Crippen LogP contribution in [0, 0.1) is 18.7 Å². The highest BCUT2D eigenvalue weighted by Gasteiger charge is 2.22. The molecule has 0 spiro atoms. The molecule has 0 aromatic heterocycles. The number of hydrogen-bond donors (Lipinski definition) is 1. The number of aryl methyl sites for hydroxylation is 1. The van der Waals surface area contributed by atoms with Crippen LogP contribution < -0.4 is 5.32 Å². The summed E-state index contributed by atoms with van der Waals surface area (Å²) < 4.78 is 13.2. The van der Waals surface area contributed by atoms with Gasteiger partial charge in [0, 0.05) is 6.04 Å². The normalized spacial score (nSPS) is 26.8. The van der Waals surface area contributed by atoms with Gasteiger partial charge in [0.15, 0.2) is 0 Å². The molecule has 1 fully saturated rings. The number of halogens is 1. The first-order chi connectivity index (χ1) is 6.65. The van der Waals surface area contributed by atoms with Crippen molar-refractivity contribution in [2.45, 2.75) is 26.3 Å². The maximum atomic E-state index is 13.2. The summed E-state index contributed by atoms with van der Waals surface area (Å²) in [6.45, 7) is 5.20. The monoisotopic (exact) mass is 193 g/mol. The van der Waals surface area contributed by atoms with Gasteiger partial charge in [-0.15, -0.1) is 0 Å². The average Bonchev–Trinajstić information content (AvgIpc) is 2.50. The van der Waals surface area contributed by atoms with Gasteiger partial charge in [-0.05, 0) is 49.1 Å². The molecule has 1 aromatic carbocycles. The van der Waals surface area contributed by atoms with Crippen LogP contribution in [0.3, 0.4) is 0 Å². The molecule has 0 unspecified atom stereocenters. The summed E-state index contributed by atoms with van der Waals surface area (Å²) in [5, 5.41) is 3.41. The highest BCUT2D eigenvalue weighted by atomic mass is 19.1. The zero-order valence-electron chi connectivity index (χ0n) is 8.68. The Morgan fingerprint density at radius 2 is 2.14 bits per heavy atom. The second kappa shape index (κ2) is 3.70. The smallest absolute Gasteiger partial charge is 0.123 e. The lowest BCUT2D eigenvalue weighted by atomic mass is 10.00. The Morgan fingerprint density at radius 3 is 2.71 bits per heavy atom. The molecule has 2 heteroatoms. The third-order valence-corrected chi connectivity index (χ3v) is 2.82. The van der Waals surface area contributed by atoms with Gasteiger partial charge in [-0.1, -0.05) is 13.0 Å². The van der Waals surface area contributed by atoms with Gasteiger partial charge in [-0.2, -0.15) is 0 Å². The summed E-state index contributed by atoms with van der Waals surface area (Å²) >= 11 is 0. The molecule has 0 saturated carbocycles. The lowest BCUT2D eigenvalue weighted by molar-refractivity contribution is 0.593. The van der Waals surface area contributed by atoms with E-state index in [9.17, 15) is 4.39 Å². The van der Waals surface area contributed by atoms with E-state index < -0.39 is 0 Å². The molecule has 0 aliphatic carbocycles. The zero-order valence-corrected chi connectivity index (χ0v) is 8.68. The van der Waals surface area contributed by atoms with Gasteiger partial charge in [0.05, 0.1) is 0 Å². The minimum atomic E-state index is -0.124. The Bertz CT molecular complexity index is 315. The molecule has 0 bridgehead atoms. The Hall–Kier alpha value is -0.890. The third-order valence-electron chi connectivity index (χ3n) is 2.82. The van der Waals surface area contributed by atoms with Crippen LogP contribution in [0.1, 0.15) is 30.5 Å². The standard InChI is InChI=1S/C12H16FN/c1-8-3-10(6-11(13)4-8)12-5-9(2)7-14-12/h3-4,6,9,12,14H,5,7H2,1-2H3/t9-,12-/m0/s1. The van der Waals surface area contributed by atoms with Gasteiger partial charge < -0.3 is 5.32 Å². The van der Waals surface area contributed by atoms with Crippen LogP contribution in [0.25, 0.3) is 0 Å². The zero-order chi connectivity index (χ0) is 10.1. The van der Waals surface area contributed by atoms with Crippen LogP contribution in [0.15, 0.2) is 18.2 Å². The van der Waals surface area contributed by atoms with Crippen molar-refractivity contribution in [3.05, 3.63) is 35.1 Å². The number of benzene rings is 1. The molecule has 76 valence electrons. The van der Waals surface area contributed by atoms with E-state index in [1.807, 2.05) is 6.92 Å². The molecule has 2 rings (SSSR count). The Balaban J connectivity index is 2.23. The molecule has 0 amide bonds. The third kappa shape index (κ3) is 1.95. The Labute approximate surface area is 84.3 Å². The Morgan fingerprint density at radius 1 is 1.36 bits per heavy atom. The van der Waals surface area contributed by atoms with E-state index in [4.69, 9.17) is 0 Å². The van der Waals surface area contributed by atoms with Gasteiger partial charge in [0.25, 0.3) is 0 Å². The molecule has 14 heavy (non-hydrogen) atoms. The molecular formula is C12H16FN. The maximum Gasteiger partial charge on any atom is 0.123 e. The molecule has 0 radical (unpaired) electrons. The molecule has 2 atom stereocenters. The number of rotatable bonds is 1. The van der Waals surface area contributed by atoms with Crippen molar-refractivity contribution in [2.24, 2.45) is 5.92 Å². The molecule has 1 nitrogen and oxygen atoms in total. The van der Waals surface area contributed by atoms with Crippen LogP contribution in [0.4, 0.5) is 4.39 Å². The first kappa shape index (κ1) is 9.66. The van der Waals surface area contributed by atoms with Gasteiger partial charge in [-0.25, -0.2) is 4.39 Å². The fourth-order valence-corrected chi connectivity index (χ4v) is 2.13. The molecular weight excluding hydrogens is 177 g/mol. The van der Waals surface area contributed by atoms with E-state index in [-0.39, 0.29) is 5.82 Å². The van der Waals surface area contributed by atoms with E-state index in [1.54, 1.807) is 12.1 Å². The summed E-state index contributed by atoms with van der Waals surface area (Å²) in [4.78, 5) is 0. The first-order valence-corrected chi connectivity index (χ1v) is 5.15. The number of nitrogens with one attached hydrogen (secondary N) is 1. The van der Waals surface area contributed by atoms with Crippen molar-refractivity contribution in [3.8, 4) is 0 Å². The minimum absolute atomic E-state index is 0.124. The first-order valence-electron chi connectivity index (χ1n) is 5.15. The minimum Gasteiger partial charge on any atom is -0.310 e. The second-order valence-corrected chi connectivity index (χ2v) is 4.36.